The lowest BCUT2D eigenvalue weighted by molar-refractivity contribution is 0.00368. The molecule has 0 aliphatic carbocycles. The van der Waals surface area contributed by atoms with Crippen LogP contribution in [-0.2, 0) is 5.54 Å². The molecule has 0 saturated carbocycles. The Hall–Kier alpha value is -2.79. The molecule has 1 aliphatic rings. The van der Waals surface area contributed by atoms with Crippen molar-refractivity contribution in [2.75, 3.05) is 26.3 Å². The van der Waals surface area contributed by atoms with Gasteiger partial charge in [0.25, 0.3) is 0 Å². The largest absolute Gasteiger partial charge is 0.346 e. The van der Waals surface area contributed by atoms with Crippen LogP contribution >= 0.6 is 0 Å². The molecule has 25 heavy (non-hydrogen) atoms. The highest BCUT2D eigenvalue weighted by Gasteiger charge is 2.45. The molecule has 1 N–H and O–H groups in total. The molecule has 0 unspecified atom stereocenters. The summed E-state index contributed by atoms with van der Waals surface area (Å²) >= 11 is 0. The Morgan fingerprint density at radius 2 is 2.24 bits per heavy atom. The van der Waals surface area contributed by atoms with Gasteiger partial charge in [-0.25, -0.2) is 9.97 Å². The summed E-state index contributed by atoms with van der Waals surface area (Å²) in [5.41, 5.74) is 2.16. The maximum absolute atomic E-state index is 12.4. The Kier molecular flexibility index (Phi) is 3.93. The Morgan fingerprint density at radius 1 is 1.36 bits per heavy atom. The molecule has 1 aliphatic heterocycles. The van der Waals surface area contributed by atoms with E-state index in [-0.39, 0.29) is 12.2 Å². The van der Waals surface area contributed by atoms with Crippen LogP contribution in [0.5, 0.6) is 0 Å². The second-order valence-electron chi connectivity index (χ2n) is 6.45. The maximum atomic E-state index is 12.4. The average molecular weight is 339 g/mol. The zero-order chi connectivity index (χ0) is 17.3. The Bertz CT molecular complexity index is 916. The number of nitrogens with zero attached hydrogens (tertiary/aromatic N) is 6. The molecule has 4 rings (SSSR count). The summed E-state index contributed by atoms with van der Waals surface area (Å²) in [5, 5.41) is 14.7. The first-order valence-corrected chi connectivity index (χ1v) is 8.25. The molecule has 3 aromatic rings. The molecule has 0 atom stereocenters. The molecule has 7 nitrogen and oxygen atoms in total. The van der Waals surface area contributed by atoms with Gasteiger partial charge < -0.3 is 4.98 Å². The second-order valence-corrected chi connectivity index (χ2v) is 6.45. The third-order valence-corrected chi connectivity index (χ3v) is 4.75. The van der Waals surface area contributed by atoms with Crippen molar-refractivity contribution in [3.05, 3.63) is 31.0 Å². The van der Waals surface area contributed by atoms with Crippen LogP contribution < -0.4 is 0 Å². The quantitative estimate of drug-likeness (QED) is 0.743. The minimum absolute atomic E-state index is 0.311. The number of alkyl halides is 1. The van der Waals surface area contributed by atoms with E-state index >= 15 is 0 Å². The molecule has 0 amide bonds. The van der Waals surface area contributed by atoms with Gasteiger partial charge in [-0.15, -0.1) is 0 Å². The number of nitriles is 1. The van der Waals surface area contributed by atoms with Crippen LogP contribution in [0.25, 0.3) is 22.3 Å². The van der Waals surface area contributed by atoms with Crippen molar-refractivity contribution in [2.24, 2.45) is 0 Å². The fraction of sp³-hybridized carbons (Fsp3) is 0.412. The molecule has 3 aromatic heterocycles. The lowest BCUT2D eigenvalue weighted by atomic mass is 9.86. The highest BCUT2D eigenvalue weighted by molar-refractivity contribution is 5.89. The summed E-state index contributed by atoms with van der Waals surface area (Å²) in [6.07, 6.45) is 7.98. The summed E-state index contributed by atoms with van der Waals surface area (Å²) in [6, 6.07) is 4.21. The van der Waals surface area contributed by atoms with Crippen LogP contribution in [0, 0.1) is 11.3 Å². The molecular formula is C17H18FN7. The van der Waals surface area contributed by atoms with E-state index in [4.69, 9.17) is 0 Å². The molecule has 0 aromatic carbocycles. The van der Waals surface area contributed by atoms with Crippen molar-refractivity contribution in [1.82, 2.24) is 29.6 Å². The number of hydrogen-bond acceptors (Lipinski definition) is 5. The highest BCUT2D eigenvalue weighted by Crippen LogP contribution is 2.34. The van der Waals surface area contributed by atoms with Crippen LogP contribution in [0.15, 0.2) is 31.0 Å². The van der Waals surface area contributed by atoms with E-state index < -0.39 is 0 Å². The van der Waals surface area contributed by atoms with E-state index in [0.29, 0.717) is 32.5 Å². The Morgan fingerprint density at radius 3 is 3.04 bits per heavy atom. The normalized spacial score (nSPS) is 16.6. The predicted octanol–water partition coefficient (Wildman–Crippen LogP) is 2.11. The molecule has 4 heterocycles. The summed E-state index contributed by atoms with van der Waals surface area (Å²) in [4.78, 5) is 13.8. The number of nitrogens with one attached hydrogen (secondary N) is 1. The molecule has 0 spiro atoms. The molecule has 128 valence electrons. The minimum Gasteiger partial charge on any atom is -0.346 e. The SMILES string of the molecule is N#CCC1(n2cc(-c3ncnc4[nH]ccc34)cn2)CN(CCCF)C1. The summed E-state index contributed by atoms with van der Waals surface area (Å²) in [5.74, 6) is 0. The molecule has 0 bridgehead atoms. The van der Waals surface area contributed by atoms with Gasteiger partial charge in [-0.3, -0.25) is 14.0 Å². The fourth-order valence-corrected chi connectivity index (χ4v) is 3.52. The van der Waals surface area contributed by atoms with E-state index in [2.05, 4.69) is 31.0 Å². The van der Waals surface area contributed by atoms with Crippen LogP contribution in [0.1, 0.15) is 12.8 Å². The van der Waals surface area contributed by atoms with Crippen LogP contribution in [0.4, 0.5) is 4.39 Å². The zero-order valence-corrected chi connectivity index (χ0v) is 13.7. The number of aromatic nitrogens is 5. The summed E-state index contributed by atoms with van der Waals surface area (Å²) in [7, 11) is 0. The van der Waals surface area contributed by atoms with Gasteiger partial charge in [-0.05, 0) is 12.5 Å². The first kappa shape index (κ1) is 15.7. The first-order chi connectivity index (χ1) is 12.3. The van der Waals surface area contributed by atoms with Crippen LogP contribution in [-0.4, -0.2) is 55.9 Å². The standard InChI is InChI=1S/C17H18FN7/c18-4-1-7-24-10-17(11-24,3-5-19)25-9-13(8-23-25)15-14-2-6-20-16(14)22-12-21-15/h2,6,8-9,12H,1,3-4,7,10-11H2,(H,20,21,22). The van der Waals surface area contributed by atoms with Gasteiger partial charge in [0.05, 0.1) is 31.1 Å². The molecule has 1 saturated heterocycles. The monoisotopic (exact) mass is 339 g/mol. The lowest BCUT2D eigenvalue weighted by Crippen LogP contribution is -2.62. The van der Waals surface area contributed by atoms with Crippen molar-refractivity contribution < 1.29 is 4.39 Å². The van der Waals surface area contributed by atoms with E-state index in [1.165, 1.54) is 6.33 Å². The number of hydrogen-bond donors (Lipinski definition) is 1. The van der Waals surface area contributed by atoms with E-state index in [0.717, 1.165) is 22.3 Å². The number of rotatable bonds is 6. The molecule has 0 radical (unpaired) electrons. The van der Waals surface area contributed by atoms with Crippen LogP contribution in [0.2, 0.25) is 0 Å². The third kappa shape index (κ3) is 2.66. The van der Waals surface area contributed by atoms with Gasteiger partial charge in [-0.2, -0.15) is 10.4 Å². The first-order valence-electron chi connectivity index (χ1n) is 8.25. The number of likely N-dealkylation sites (tertiary alicyclic amines) is 1. The zero-order valence-electron chi connectivity index (χ0n) is 13.7. The third-order valence-electron chi connectivity index (χ3n) is 4.75. The van der Waals surface area contributed by atoms with Gasteiger partial charge in [0.2, 0.25) is 0 Å². The fourth-order valence-electron chi connectivity index (χ4n) is 3.52. The van der Waals surface area contributed by atoms with E-state index in [1.807, 2.05) is 23.1 Å². The summed E-state index contributed by atoms with van der Waals surface area (Å²) in [6.45, 7) is 1.83. The van der Waals surface area contributed by atoms with E-state index in [1.54, 1.807) is 6.20 Å². The van der Waals surface area contributed by atoms with Gasteiger partial charge in [0.1, 0.15) is 17.5 Å². The van der Waals surface area contributed by atoms with E-state index in [9.17, 15) is 9.65 Å². The molecule has 1 fully saturated rings. The number of halogens is 1. The topological polar surface area (TPSA) is 86.4 Å². The lowest BCUT2D eigenvalue weighted by Gasteiger charge is -2.49. The highest BCUT2D eigenvalue weighted by atomic mass is 19.1. The van der Waals surface area contributed by atoms with Crippen LogP contribution in [0.3, 0.4) is 0 Å². The summed E-state index contributed by atoms with van der Waals surface area (Å²) < 4.78 is 14.2. The Balaban J connectivity index is 1.62. The smallest absolute Gasteiger partial charge is 0.141 e. The van der Waals surface area contributed by atoms with Crippen molar-refractivity contribution in [3.63, 3.8) is 0 Å². The molecule has 8 heteroatoms. The van der Waals surface area contributed by atoms with Crippen molar-refractivity contribution in [1.29, 1.82) is 5.26 Å². The van der Waals surface area contributed by atoms with Crippen molar-refractivity contribution >= 4 is 11.0 Å². The van der Waals surface area contributed by atoms with Crippen molar-refractivity contribution in [3.8, 4) is 17.3 Å². The number of fused-ring (bicyclic) bond motifs is 1. The van der Waals surface area contributed by atoms with Gasteiger partial charge in [0, 0.05) is 43.0 Å². The molecular weight excluding hydrogens is 321 g/mol. The van der Waals surface area contributed by atoms with Gasteiger partial charge in [0.15, 0.2) is 0 Å². The average Bonchev–Trinajstić information content (AvgIpc) is 3.25. The maximum Gasteiger partial charge on any atom is 0.141 e. The predicted molar refractivity (Wildman–Crippen MR) is 90.3 cm³/mol. The minimum atomic E-state index is -0.340. The number of aromatic amines is 1. The van der Waals surface area contributed by atoms with Crippen molar-refractivity contribution in [2.45, 2.75) is 18.4 Å². The number of H-pyrrole nitrogens is 1. The second kappa shape index (κ2) is 6.26. The van der Waals surface area contributed by atoms with Gasteiger partial charge in [-0.1, -0.05) is 0 Å². The Labute approximate surface area is 144 Å². The van der Waals surface area contributed by atoms with Gasteiger partial charge >= 0.3 is 0 Å².